The van der Waals surface area contributed by atoms with Crippen LogP contribution >= 0.6 is 12.1 Å². The Morgan fingerprint density at radius 1 is 1.09 bits per heavy atom. The van der Waals surface area contributed by atoms with E-state index in [1.165, 1.54) is 24.3 Å². The van der Waals surface area contributed by atoms with Crippen LogP contribution in [0.2, 0.25) is 0 Å². The van der Waals surface area contributed by atoms with Crippen molar-refractivity contribution in [2.45, 2.75) is 38.3 Å². The average Bonchev–Trinajstić information content (AvgIpc) is 3.39. The number of halogens is 3. The Bertz CT molecular complexity index is 1350. The summed E-state index contributed by atoms with van der Waals surface area (Å²) in [7, 11) is 0. The molecule has 0 radical (unpaired) electrons. The molecule has 10 heteroatoms. The minimum Gasteiger partial charge on any atom is -0.406 e. The van der Waals surface area contributed by atoms with Gasteiger partial charge in [-0.15, -0.1) is 13.2 Å². The molecule has 1 fully saturated rings. The number of hydrogen-bond donors (Lipinski definition) is 2. The molecule has 2 N–H and O–H groups in total. The van der Waals surface area contributed by atoms with Crippen LogP contribution in [0.5, 0.6) is 5.75 Å². The van der Waals surface area contributed by atoms with Gasteiger partial charge in [-0.05, 0) is 74.4 Å². The largest absolute Gasteiger partial charge is 0.573 e. The zero-order chi connectivity index (χ0) is 24.8. The lowest BCUT2D eigenvalue weighted by Crippen LogP contribution is -2.17. The van der Waals surface area contributed by atoms with Gasteiger partial charge in [0.2, 0.25) is 0 Å². The second-order valence-corrected chi connectivity index (χ2v) is 10.0. The van der Waals surface area contributed by atoms with Crippen molar-refractivity contribution in [1.29, 1.82) is 0 Å². The fraction of sp³-hybridized carbons (Fsp3) is 0.320. The van der Waals surface area contributed by atoms with E-state index in [1.54, 1.807) is 32.2 Å². The van der Waals surface area contributed by atoms with Crippen LogP contribution < -0.4 is 9.46 Å². The summed E-state index contributed by atoms with van der Waals surface area (Å²) in [5.41, 5.74) is 3.64. The van der Waals surface area contributed by atoms with Gasteiger partial charge in [-0.1, -0.05) is 6.07 Å². The van der Waals surface area contributed by atoms with Gasteiger partial charge in [-0.2, -0.15) is 0 Å². The highest BCUT2D eigenvalue weighted by Crippen LogP contribution is 2.37. The Morgan fingerprint density at radius 2 is 1.86 bits per heavy atom. The quantitative estimate of drug-likeness (QED) is 0.305. The molecule has 1 unspecified atom stereocenters. The minimum atomic E-state index is -4.70. The van der Waals surface area contributed by atoms with E-state index in [9.17, 15) is 18.3 Å². The number of nitrogens with one attached hydrogen (secondary N) is 1. The van der Waals surface area contributed by atoms with E-state index in [1.807, 2.05) is 18.2 Å². The maximum absolute atomic E-state index is 12.3. The number of benzene rings is 2. The van der Waals surface area contributed by atoms with E-state index >= 15 is 0 Å². The molecule has 3 heterocycles. The molecule has 1 saturated heterocycles. The van der Waals surface area contributed by atoms with Gasteiger partial charge in [0.05, 0.1) is 22.2 Å². The van der Waals surface area contributed by atoms with Crippen molar-refractivity contribution in [3.8, 4) is 5.75 Å². The standard InChI is InChI=1S/C25H25F3N4O2S/c1-24(2,33)16-5-10-21-20(14-16)23-22(4-3-12-29-23)32(21)18-11-13-31(15-18)35-30-17-6-8-19(9-7-17)34-25(26,27)28/h3-10,12,14,18,30,33H,11,13,15H2,1-2H3. The number of ether oxygens (including phenoxy) is 1. The highest BCUT2D eigenvalue weighted by Gasteiger charge is 2.31. The van der Waals surface area contributed by atoms with Gasteiger partial charge in [0.15, 0.2) is 0 Å². The monoisotopic (exact) mass is 502 g/mol. The number of rotatable bonds is 6. The normalized spacial score (nSPS) is 17.4. The SMILES string of the molecule is CC(C)(O)c1ccc2c(c1)c1ncccc1n2C1CCN(SNc2ccc(OC(F)(F)F)cc2)C1. The van der Waals surface area contributed by atoms with Gasteiger partial charge in [0.25, 0.3) is 0 Å². The summed E-state index contributed by atoms with van der Waals surface area (Å²) >= 11 is 1.43. The van der Waals surface area contributed by atoms with Crippen LogP contribution in [-0.2, 0) is 5.60 Å². The van der Waals surface area contributed by atoms with E-state index in [0.29, 0.717) is 5.69 Å². The third-order valence-corrected chi connectivity index (χ3v) is 7.05. The molecule has 5 rings (SSSR count). The molecule has 184 valence electrons. The van der Waals surface area contributed by atoms with Gasteiger partial charge in [0, 0.05) is 48.5 Å². The topological polar surface area (TPSA) is 62.6 Å². The lowest BCUT2D eigenvalue weighted by atomic mass is 9.97. The fourth-order valence-electron chi connectivity index (χ4n) is 4.48. The first kappa shape index (κ1) is 23.8. The molecule has 0 bridgehead atoms. The summed E-state index contributed by atoms with van der Waals surface area (Å²) < 4.78 is 48.7. The van der Waals surface area contributed by atoms with Gasteiger partial charge < -0.3 is 19.1 Å². The predicted octanol–water partition coefficient (Wildman–Crippen LogP) is 6.24. The van der Waals surface area contributed by atoms with E-state index in [4.69, 9.17) is 0 Å². The molecule has 1 aliphatic heterocycles. The molecule has 2 aromatic heterocycles. The van der Waals surface area contributed by atoms with Crippen molar-refractivity contribution in [1.82, 2.24) is 13.9 Å². The summed E-state index contributed by atoms with van der Waals surface area (Å²) in [4.78, 5) is 4.63. The second kappa shape index (κ2) is 8.92. The Hall–Kier alpha value is -2.95. The molecule has 0 amide bonds. The van der Waals surface area contributed by atoms with Crippen molar-refractivity contribution in [2.75, 3.05) is 17.8 Å². The third-order valence-electron chi connectivity index (χ3n) is 6.14. The van der Waals surface area contributed by atoms with Crippen LogP contribution in [0.15, 0.2) is 60.8 Å². The van der Waals surface area contributed by atoms with Crippen molar-refractivity contribution in [3.05, 3.63) is 66.4 Å². The fourth-order valence-corrected chi connectivity index (χ4v) is 5.30. The maximum atomic E-state index is 12.3. The zero-order valence-corrected chi connectivity index (χ0v) is 20.0. The number of aliphatic hydroxyl groups is 1. The van der Waals surface area contributed by atoms with Crippen LogP contribution in [0.4, 0.5) is 18.9 Å². The van der Waals surface area contributed by atoms with E-state index in [0.717, 1.165) is 47.0 Å². The van der Waals surface area contributed by atoms with Crippen molar-refractivity contribution in [3.63, 3.8) is 0 Å². The number of nitrogens with zero attached hydrogens (tertiary/aromatic N) is 3. The van der Waals surface area contributed by atoms with Crippen molar-refractivity contribution < 1.29 is 23.0 Å². The smallest absolute Gasteiger partial charge is 0.406 e. The number of pyridine rings is 1. The van der Waals surface area contributed by atoms with Gasteiger partial charge >= 0.3 is 6.36 Å². The summed E-state index contributed by atoms with van der Waals surface area (Å²) in [6.07, 6.45) is -1.98. The maximum Gasteiger partial charge on any atom is 0.573 e. The Morgan fingerprint density at radius 3 is 2.57 bits per heavy atom. The molecule has 6 nitrogen and oxygen atoms in total. The lowest BCUT2D eigenvalue weighted by Gasteiger charge is -2.19. The first-order chi connectivity index (χ1) is 16.6. The zero-order valence-electron chi connectivity index (χ0n) is 19.2. The Balaban J connectivity index is 1.33. The highest BCUT2D eigenvalue weighted by atomic mass is 32.2. The van der Waals surface area contributed by atoms with Gasteiger partial charge in [-0.3, -0.25) is 4.98 Å². The molecular weight excluding hydrogens is 477 g/mol. The molecule has 0 saturated carbocycles. The summed E-state index contributed by atoms with van der Waals surface area (Å²) in [5.74, 6) is -0.248. The molecule has 0 spiro atoms. The number of anilines is 1. The number of hydrogen-bond acceptors (Lipinski definition) is 6. The van der Waals surface area contributed by atoms with Crippen LogP contribution in [-0.4, -0.2) is 38.4 Å². The predicted molar refractivity (Wildman–Crippen MR) is 132 cm³/mol. The van der Waals surface area contributed by atoms with E-state index in [2.05, 4.69) is 35.4 Å². The van der Waals surface area contributed by atoms with Crippen molar-refractivity contribution in [2.24, 2.45) is 0 Å². The first-order valence-corrected chi connectivity index (χ1v) is 12.0. The molecule has 2 aromatic carbocycles. The number of alkyl halides is 3. The number of fused-ring (bicyclic) bond motifs is 3. The second-order valence-electron chi connectivity index (χ2n) is 9.13. The van der Waals surface area contributed by atoms with Crippen LogP contribution in [0, 0.1) is 0 Å². The van der Waals surface area contributed by atoms with Crippen LogP contribution in [0.3, 0.4) is 0 Å². The lowest BCUT2D eigenvalue weighted by molar-refractivity contribution is -0.274. The molecule has 1 atom stereocenters. The van der Waals surface area contributed by atoms with E-state index < -0.39 is 12.0 Å². The third kappa shape index (κ3) is 5.05. The molecule has 35 heavy (non-hydrogen) atoms. The Kier molecular flexibility index (Phi) is 6.06. The Labute approximate surface area is 205 Å². The summed E-state index contributed by atoms with van der Waals surface area (Å²) in [5, 5.41) is 11.5. The summed E-state index contributed by atoms with van der Waals surface area (Å²) in [6.45, 7) is 5.18. The summed E-state index contributed by atoms with van der Waals surface area (Å²) in [6, 6.07) is 16.0. The van der Waals surface area contributed by atoms with Crippen LogP contribution in [0.1, 0.15) is 31.9 Å². The first-order valence-electron chi connectivity index (χ1n) is 11.2. The van der Waals surface area contributed by atoms with Crippen molar-refractivity contribution >= 4 is 39.8 Å². The number of aromatic nitrogens is 2. The minimum absolute atomic E-state index is 0.226. The van der Waals surface area contributed by atoms with Gasteiger partial charge in [-0.25, -0.2) is 4.31 Å². The van der Waals surface area contributed by atoms with E-state index in [-0.39, 0.29) is 11.8 Å². The molecule has 4 aromatic rings. The highest BCUT2D eigenvalue weighted by molar-refractivity contribution is 7.98. The average molecular weight is 503 g/mol. The van der Waals surface area contributed by atoms with Gasteiger partial charge in [0.1, 0.15) is 5.75 Å². The molecular formula is C25H25F3N4O2S. The van der Waals surface area contributed by atoms with Crippen LogP contribution in [0.25, 0.3) is 21.9 Å². The molecule has 1 aliphatic rings. The molecule has 0 aliphatic carbocycles.